The zero-order valence-corrected chi connectivity index (χ0v) is 11.0. The number of pyridine rings is 1. The van der Waals surface area contributed by atoms with E-state index in [-0.39, 0.29) is 5.91 Å². The lowest BCUT2D eigenvalue weighted by Crippen LogP contribution is -2.29. The molecule has 2 aromatic heterocycles. The summed E-state index contributed by atoms with van der Waals surface area (Å²) in [5, 5.41) is 4.85. The number of carbonyl (C=O) groups excluding carboxylic acids is 1. The van der Waals surface area contributed by atoms with E-state index in [0.29, 0.717) is 6.54 Å². The molecule has 1 N–H and O–H groups in total. The van der Waals surface area contributed by atoms with Crippen LogP contribution in [-0.2, 0) is 11.3 Å². The molecule has 0 spiro atoms. The van der Waals surface area contributed by atoms with Crippen LogP contribution >= 0.6 is 11.3 Å². The number of amides is 1. The molecule has 1 amide bonds. The Labute approximate surface area is 110 Å². The summed E-state index contributed by atoms with van der Waals surface area (Å²) in [6.45, 7) is 1.16. The van der Waals surface area contributed by atoms with E-state index in [0.717, 1.165) is 12.2 Å². The summed E-state index contributed by atoms with van der Waals surface area (Å²) in [7, 11) is 1.93. The van der Waals surface area contributed by atoms with Crippen molar-refractivity contribution in [3.8, 4) is 0 Å². The van der Waals surface area contributed by atoms with E-state index in [1.807, 2.05) is 29.5 Å². The van der Waals surface area contributed by atoms with Crippen molar-refractivity contribution in [3.05, 3.63) is 46.9 Å². The molecule has 0 unspecified atom stereocenters. The minimum Gasteiger partial charge on any atom is -0.324 e. The molecule has 5 heteroatoms. The smallest absolute Gasteiger partial charge is 0.238 e. The molecule has 0 atom stereocenters. The third kappa shape index (κ3) is 3.94. The zero-order chi connectivity index (χ0) is 12.8. The Balaban J connectivity index is 1.80. The molecule has 18 heavy (non-hydrogen) atoms. The highest BCUT2D eigenvalue weighted by Crippen LogP contribution is 2.10. The summed E-state index contributed by atoms with van der Waals surface area (Å²) >= 11 is 1.70. The Morgan fingerprint density at radius 1 is 1.44 bits per heavy atom. The maximum Gasteiger partial charge on any atom is 0.238 e. The van der Waals surface area contributed by atoms with Gasteiger partial charge >= 0.3 is 0 Å². The van der Waals surface area contributed by atoms with Crippen LogP contribution in [0.25, 0.3) is 0 Å². The van der Waals surface area contributed by atoms with Crippen LogP contribution < -0.4 is 5.32 Å². The number of hydrogen-bond acceptors (Lipinski definition) is 4. The molecule has 0 saturated carbocycles. The first-order valence-corrected chi connectivity index (χ1v) is 6.53. The molecular formula is C13H15N3OS. The van der Waals surface area contributed by atoms with Gasteiger partial charge in [-0.25, -0.2) is 0 Å². The number of anilines is 1. The topological polar surface area (TPSA) is 45.2 Å². The van der Waals surface area contributed by atoms with Gasteiger partial charge < -0.3 is 5.32 Å². The molecule has 0 aliphatic heterocycles. The summed E-state index contributed by atoms with van der Waals surface area (Å²) in [6.07, 6.45) is 3.32. The van der Waals surface area contributed by atoms with Crippen LogP contribution in [0.2, 0.25) is 0 Å². The van der Waals surface area contributed by atoms with Crippen molar-refractivity contribution < 1.29 is 4.79 Å². The second-order valence-corrected chi connectivity index (χ2v) is 5.07. The number of rotatable bonds is 5. The average molecular weight is 261 g/mol. The lowest BCUT2D eigenvalue weighted by Gasteiger charge is -2.15. The molecular weight excluding hydrogens is 246 g/mol. The van der Waals surface area contributed by atoms with Gasteiger partial charge in [-0.3, -0.25) is 14.7 Å². The van der Waals surface area contributed by atoms with Gasteiger partial charge in [-0.15, -0.1) is 11.3 Å². The fourth-order valence-electron chi connectivity index (χ4n) is 1.61. The van der Waals surface area contributed by atoms with Crippen molar-refractivity contribution in [2.24, 2.45) is 0 Å². The third-order valence-corrected chi connectivity index (χ3v) is 3.23. The van der Waals surface area contributed by atoms with Gasteiger partial charge in [0.15, 0.2) is 0 Å². The molecule has 94 valence electrons. The molecule has 0 aliphatic carbocycles. The fraction of sp³-hybridized carbons (Fsp3) is 0.231. The van der Waals surface area contributed by atoms with Crippen LogP contribution in [0.1, 0.15) is 4.88 Å². The van der Waals surface area contributed by atoms with Gasteiger partial charge in [-0.05, 0) is 30.6 Å². The van der Waals surface area contributed by atoms with Crippen LogP contribution in [0.4, 0.5) is 5.69 Å². The molecule has 0 fully saturated rings. The Bertz CT molecular complexity index is 484. The minimum absolute atomic E-state index is 0.0259. The number of nitrogens with one attached hydrogen (secondary N) is 1. The van der Waals surface area contributed by atoms with Gasteiger partial charge in [0.2, 0.25) is 5.91 Å². The lowest BCUT2D eigenvalue weighted by atomic mass is 10.4. The number of aromatic nitrogens is 1. The van der Waals surface area contributed by atoms with Crippen LogP contribution in [0.15, 0.2) is 42.0 Å². The maximum atomic E-state index is 11.8. The van der Waals surface area contributed by atoms with Crippen molar-refractivity contribution in [2.45, 2.75) is 6.54 Å². The van der Waals surface area contributed by atoms with Gasteiger partial charge in [-0.2, -0.15) is 0 Å². The predicted molar refractivity (Wildman–Crippen MR) is 73.5 cm³/mol. The second-order valence-electron chi connectivity index (χ2n) is 4.04. The molecule has 0 saturated heterocycles. The van der Waals surface area contributed by atoms with Crippen LogP contribution in [0.5, 0.6) is 0 Å². The van der Waals surface area contributed by atoms with E-state index >= 15 is 0 Å². The average Bonchev–Trinajstić information content (AvgIpc) is 2.82. The fourth-order valence-corrected chi connectivity index (χ4v) is 2.39. The monoisotopic (exact) mass is 261 g/mol. The van der Waals surface area contributed by atoms with Gasteiger partial charge in [0.25, 0.3) is 0 Å². The standard InChI is InChI=1S/C13H15N3OS/c1-16(9-12-5-3-7-18-12)10-13(17)15-11-4-2-6-14-8-11/h2-8H,9-10H2,1H3,(H,15,17). The Kier molecular flexibility index (Phi) is 4.44. The summed E-state index contributed by atoms with van der Waals surface area (Å²) in [4.78, 5) is 19.0. The van der Waals surface area contributed by atoms with Gasteiger partial charge in [-0.1, -0.05) is 6.07 Å². The molecule has 0 aliphatic rings. The van der Waals surface area contributed by atoms with E-state index in [9.17, 15) is 4.79 Å². The quantitative estimate of drug-likeness (QED) is 0.897. The van der Waals surface area contributed by atoms with E-state index in [1.165, 1.54) is 4.88 Å². The van der Waals surface area contributed by atoms with Crippen LogP contribution in [-0.4, -0.2) is 29.4 Å². The van der Waals surface area contributed by atoms with E-state index < -0.39 is 0 Å². The molecule has 2 heterocycles. The molecule has 4 nitrogen and oxygen atoms in total. The third-order valence-electron chi connectivity index (χ3n) is 2.36. The molecule has 2 aromatic rings. The maximum absolute atomic E-state index is 11.8. The van der Waals surface area contributed by atoms with Crippen LogP contribution in [0, 0.1) is 0 Å². The van der Waals surface area contributed by atoms with Gasteiger partial charge in [0, 0.05) is 17.6 Å². The predicted octanol–water partition coefficient (Wildman–Crippen LogP) is 2.21. The van der Waals surface area contributed by atoms with E-state index in [2.05, 4.69) is 16.4 Å². The van der Waals surface area contributed by atoms with Crippen LogP contribution in [0.3, 0.4) is 0 Å². The van der Waals surface area contributed by atoms with Crippen molar-refractivity contribution in [2.75, 3.05) is 18.9 Å². The summed E-state index contributed by atoms with van der Waals surface area (Å²) < 4.78 is 0. The highest BCUT2D eigenvalue weighted by Gasteiger charge is 2.07. The molecule has 0 aromatic carbocycles. The number of thiophene rings is 1. The minimum atomic E-state index is -0.0259. The van der Waals surface area contributed by atoms with Gasteiger partial charge in [0.05, 0.1) is 18.4 Å². The summed E-state index contributed by atoms with van der Waals surface area (Å²) in [5.41, 5.74) is 0.729. The van der Waals surface area contributed by atoms with E-state index in [4.69, 9.17) is 0 Å². The lowest BCUT2D eigenvalue weighted by molar-refractivity contribution is -0.117. The Morgan fingerprint density at radius 2 is 2.33 bits per heavy atom. The number of nitrogens with zero attached hydrogens (tertiary/aromatic N) is 2. The number of hydrogen-bond donors (Lipinski definition) is 1. The number of likely N-dealkylation sites (N-methyl/N-ethyl adjacent to an activating group) is 1. The zero-order valence-electron chi connectivity index (χ0n) is 10.2. The normalized spacial score (nSPS) is 10.6. The van der Waals surface area contributed by atoms with Gasteiger partial charge in [0.1, 0.15) is 0 Å². The number of carbonyl (C=O) groups is 1. The largest absolute Gasteiger partial charge is 0.324 e. The highest BCUT2D eigenvalue weighted by atomic mass is 32.1. The van der Waals surface area contributed by atoms with E-state index in [1.54, 1.807) is 29.8 Å². The second kappa shape index (κ2) is 6.28. The molecule has 0 radical (unpaired) electrons. The Hall–Kier alpha value is -1.72. The SMILES string of the molecule is CN(CC(=O)Nc1cccnc1)Cc1cccs1. The highest BCUT2D eigenvalue weighted by molar-refractivity contribution is 7.09. The van der Waals surface area contributed by atoms with Crippen molar-refractivity contribution in [1.82, 2.24) is 9.88 Å². The first-order valence-electron chi connectivity index (χ1n) is 5.65. The van der Waals surface area contributed by atoms with Crippen molar-refractivity contribution >= 4 is 22.9 Å². The summed E-state index contributed by atoms with van der Waals surface area (Å²) in [5.74, 6) is -0.0259. The first kappa shape index (κ1) is 12.7. The van der Waals surface area contributed by atoms with Crippen molar-refractivity contribution in [3.63, 3.8) is 0 Å². The summed E-state index contributed by atoms with van der Waals surface area (Å²) in [6, 6.07) is 7.71. The van der Waals surface area contributed by atoms with Crippen molar-refractivity contribution in [1.29, 1.82) is 0 Å². The molecule has 0 bridgehead atoms. The molecule has 2 rings (SSSR count). The first-order chi connectivity index (χ1) is 8.74. The Morgan fingerprint density at radius 3 is 3.00 bits per heavy atom.